The standard InChI is InChI=1S/C19H23N5O3/c1-3-27-19(26)24-10-8-23(9-11-24)13-17(25)14(12-20)18-21-15-6-4-5-7-16(15)22(18)2/h4-7,25H,3,8-11,13H2,1-2H3/b17-14-. The fourth-order valence-electron chi connectivity index (χ4n) is 3.21. The fraction of sp³-hybridized carbons (Fsp3) is 0.421. The predicted octanol–water partition coefficient (Wildman–Crippen LogP) is 2.14. The zero-order chi connectivity index (χ0) is 19.4. The van der Waals surface area contributed by atoms with E-state index in [1.165, 1.54) is 0 Å². The number of aliphatic hydroxyl groups is 1. The van der Waals surface area contributed by atoms with Crippen LogP contribution >= 0.6 is 0 Å². The minimum atomic E-state index is -0.311. The Kier molecular flexibility index (Phi) is 5.62. The number of carbonyl (C=O) groups is 1. The number of hydrogen-bond donors (Lipinski definition) is 1. The second-order valence-corrected chi connectivity index (χ2v) is 6.38. The van der Waals surface area contributed by atoms with Crippen LogP contribution in [0.15, 0.2) is 30.0 Å². The number of piperazine rings is 1. The van der Waals surface area contributed by atoms with Crippen molar-refractivity contribution < 1.29 is 14.6 Å². The molecule has 8 heteroatoms. The van der Waals surface area contributed by atoms with Crippen LogP contribution in [-0.4, -0.2) is 69.9 Å². The lowest BCUT2D eigenvalue weighted by atomic mass is 10.2. The third kappa shape index (κ3) is 3.88. The number of para-hydroxylation sites is 2. The van der Waals surface area contributed by atoms with Gasteiger partial charge in [-0.05, 0) is 19.1 Å². The van der Waals surface area contributed by atoms with Gasteiger partial charge in [-0.25, -0.2) is 9.78 Å². The summed E-state index contributed by atoms with van der Waals surface area (Å²) in [7, 11) is 1.83. The van der Waals surface area contributed by atoms with Gasteiger partial charge in [-0.2, -0.15) is 5.26 Å². The van der Waals surface area contributed by atoms with E-state index in [1.807, 2.05) is 40.8 Å². The number of aryl methyl sites for hydroxylation is 1. The topological polar surface area (TPSA) is 94.6 Å². The molecule has 1 aliphatic heterocycles. The summed E-state index contributed by atoms with van der Waals surface area (Å²) in [5, 5.41) is 20.2. The van der Waals surface area contributed by atoms with Gasteiger partial charge in [0.05, 0.1) is 24.2 Å². The van der Waals surface area contributed by atoms with Crippen LogP contribution in [0.2, 0.25) is 0 Å². The van der Waals surface area contributed by atoms with Crippen molar-refractivity contribution in [1.82, 2.24) is 19.4 Å². The first-order valence-corrected chi connectivity index (χ1v) is 8.93. The van der Waals surface area contributed by atoms with Crippen LogP contribution in [0.1, 0.15) is 12.7 Å². The molecule has 0 radical (unpaired) electrons. The number of fused-ring (bicyclic) bond motifs is 1. The first-order valence-electron chi connectivity index (χ1n) is 8.93. The molecule has 27 heavy (non-hydrogen) atoms. The van der Waals surface area contributed by atoms with Gasteiger partial charge in [0.2, 0.25) is 0 Å². The summed E-state index contributed by atoms with van der Waals surface area (Å²) in [6.07, 6.45) is -0.311. The van der Waals surface area contributed by atoms with Crippen LogP contribution in [0.4, 0.5) is 4.79 Å². The normalized spacial score (nSPS) is 16.1. The van der Waals surface area contributed by atoms with Crippen LogP contribution in [0, 0.1) is 11.3 Å². The van der Waals surface area contributed by atoms with Crippen molar-refractivity contribution in [1.29, 1.82) is 5.26 Å². The van der Waals surface area contributed by atoms with Crippen molar-refractivity contribution in [2.24, 2.45) is 7.05 Å². The summed E-state index contributed by atoms with van der Waals surface area (Å²) in [4.78, 5) is 19.9. The fourth-order valence-corrected chi connectivity index (χ4v) is 3.21. The Bertz CT molecular complexity index is 904. The van der Waals surface area contributed by atoms with E-state index in [1.54, 1.807) is 11.8 Å². The molecule has 1 fully saturated rings. The van der Waals surface area contributed by atoms with Crippen molar-refractivity contribution in [2.45, 2.75) is 6.92 Å². The molecule has 1 aromatic heterocycles. The number of ether oxygens (including phenoxy) is 1. The number of hydrogen-bond acceptors (Lipinski definition) is 6. The third-order valence-corrected chi connectivity index (χ3v) is 4.68. The first kappa shape index (κ1) is 18.7. The highest BCUT2D eigenvalue weighted by atomic mass is 16.6. The Morgan fingerprint density at radius 1 is 1.30 bits per heavy atom. The van der Waals surface area contributed by atoms with Crippen molar-refractivity contribution in [3.63, 3.8) is 0 Å². The van der Waals surface area contributed by atoms with E-state index in [0.29, 0.717) is 38.6 Å². The van der Waals surface area contributed by atoms with Gasteiger partial charge in [0.15, 0.2) is 5.82 Å². The summed E-state index contributed by atoms with van der Waals surface area (Å²) in [6, 6.07) is 9.68. The summed E-state index contributed by atoms with van der Waals surface area (Å²) < 4.78 is 6.82. The average Bonchev–Trinajstić information content (AvgIpc) is 3.00. The molecule has 2 aromatic rings. The third-order valence-electron chi connectivity index (χ3n) is 4.68. The minimum Gasteiger partial charge on any atom is -0.509 e. The van der Waals surface area contributed by atoms with Gasteiger partial charge >= 0.3 is 6.09 Å². The number of imidazole rings is 1. The largest absolute Gasteiger partial charge is 0.509 e. The van der Waals surface area contributed by atoms with Crippen LogP contribution in [0.25, 0.3) is 16.6 Å². The molecule has 0 unspecified atom stereocenters. The van der Waals surface area contributed by atoms with E-state index < -0.39 is 0 Å². The number of nitriles is 1. The molecule has 2 heterocycles. The monoisotopic (exact) mass is 369 g/mol. The quantitative estimate of drug-likeness (QED) is 0.655. The molecule has 0 spiro atoms. The number of amides is 1. The summed E-state index contributed by atoms with van der Waals surface area (Å²) in [5.74, 6) is 0.432. The number of aromatic nitrogens is 2. The maximum Gasteiger partial charge on any atom is 0.409 e. The predicted molar refractivity (Wildman–Crippen MR) is 101 cm³/mol. The van der Waals surface area contributed by atoms with E-state index in [4.69, 9.17) is 4.74 Å². The lowest BCUT2D eigenvalue weighted by molar-refractivity contribution is 0.0796. The Balaban J connectivity index is 1.74. The van der Waals surface area contributed by atoms with Gasteiger partial charge in [-0.3, -0.25) is 4.90 Å². The SMILES string of the molecule is CCOC(=O)N1CCN(C/C(O)=C(\C#N)c2nc3ccccc3n2C)CC1. The molecule has 0 bridgehead atoms. The molecule has 1 saturated heterocycles. The number of carbonyl (C=O) groups excluding carboxylic acids is 1. The van der Waals surface area contributed by atoms with Crippen molar-refractivity contribution in [3.05, 3.63) is 35.8 Å². The number of nitrogens with zero attached hydrogens (tertiary/aromatic N) is 5. The van der Waals surface area contributed by atoms with Gasteiger partial charge in [0, 0.05) is 33.2 Å². The second-order valence-electron chi connectivity index (χ2n) is 6.38. The van der Waals surface area contributed by atoms with Gasteiger partial charge in [-0.1, -0.05) is 12.1 Å². The number of aliphatic hydroxyl groups excluding tert-OH is 1. The summed E-state index contributed by atoms with van der Waals surface area (Å²) in [5.41, 5.74) is 1.84. The highest BCUT2D eigenvalue weighted by Gasteiger charge is 2.24. The highest BCUT2D eigenvalue weighted by molar-refractivity contribution is 5.83. The highest BCUT2D eigenvalue weighted by Crippen LogP contribution is 2.22. The maximum atomic E-state index is 11.8. The Hall–Kier alpha value is -3.05. The lowest BCUT2D eigenvalue weighted by Crippen LogP contribution is -2.49. The second kappa shape index (κ2) is 8.10. The molecule has 3 rings (SSSR count). The maximum absolute atomic E-state index is 11.8. The molecule has 1 N–H and O–H groups in total. The smallest absolute Gasteiger partial charge is 0.409 e. The Morgan fingerprint density at radius 2 is 2.00 bits per heavy atom. The summed E-state index contributed by atoms with van der Waals surface area (Å²) in [6.45, 7) is 4.63. The van der Waals surface area contributed by atoms with E-state index in [2.05, 4.69) is 11.1 Å². The molecule has 142 valence electrons. The molecule has 8 nitrogen and oxygen atoms in total. The van der Waals surface area contributed by atoms with Crippen LogP contribution < -0.4 is 0 Å². The van der Waals surface area contributed by atoms with Crippen molar-refractivity contribution in [3.8, 4) is 6.07 Å². The summed E-state index contributed by atoms with van der Waals surface area (Å²) >= 11 is 0. The number of rotatable bonds is 4. The van der Waals surface area contributed by atoms with E-state index >= 15 is 0 Å². The molecule has 1 aromatic carbocycles. The number of allylic oxidation sites excluding steroid dienone is 1. The average molecular weight is 369 g/mol. The molecule has 1 amide bonds. The van der Waals surface area contributed by atoms with Crippen LogP contribution in [0.3, 0.4) is 0 Å². The molecular formula is C19H23N5O3. The van der Waals surface area contributed by atoms with Gasteiger partial charge in [0.1, 0.15) is 17.4 Å². The van der Waals surface area contributed by atoms with E-state index in [9.17, 15) is 15.2 Å². The molecular weight excluding hydrogens is 346 g/mol. The molecule has 0 aliphatic carbocycles. The van der Waals surface area contributed by atoms with Gasteiger partial charge < -0.3 is 19.3 Å². The molecule has 0 atom stereocenters. The van der Waals surface area contributed by atoms with Gasteiger partial charge in [0.25, 0.3) is 0 Å². The molecule has 0 saturated carbocycles. The van der Waals surface area contributed by atoms with E-state index in [0.717, 1.165) is 11.0 Å². The minimum absolute atomic E-state index is 0.0134. The van der Waals surface area contributed by atoms with E-state index in [-0.39, 0.29) is 24.0 Å². The molecule has 1 aliphatic rings. The van der Waals surface area contributed by atoms with Crippen LogP contribution in [0.5, 0.6) is 0 Å². The zero-order valence-corrected chi connectivity index (χ0v) is 15.6. The van der Waals surface area contributed by atoms with Crippen molar-refractivity contribution in [2.75, 3.05) is 39.3 Å². The van der Waals surface area contributed by atoms with Crippen LogP contribution in [-0.2, 0) is 11.8 Å². The van der Waals surface area contributed by atoms with Gasteiger partial charge in [-0.15, -0.1) is 0 Å². The zero-order valence-electron chi connectivity index (χ0n) is 15.6. The lowest BCUT2D eigenvalue weighted by Gasteiger charge is -2.33. The number of benzene rings is 1. The first-order chi connectivity index (χ1) is 13.0. The Labute approximate surface area is 157 Å². The van der Waals surface area contributed by atoms with Crippen molar-refractivity contribution >= 4 is 22.7 Å². The Morgan fingerprint density at radius 3 is 2.63 bits per heavy atom.